The summed E-state index contributed by atoms with van der Waals surface area (Å²) in [6.07, 6.45) is 5.54. The number of hydrogen-bond donors (Lipinski definition) is 1. The quantitative estimate of drug-likeness (QED) is 0.690. The molecule has 0 aromatic heterocycles. The van der Waals surface area contributed by atoms with E-state index < -0.39 is 0 Å². The van der Waals surface area contributed by atoms with Gasteiger partial charge in [0.1, 0.15) is 0 Å². The Kier molecular flexibility index (Phi) is 4.02. The lowest BCUT2D eigenvalue weighted by atomic mass is 9.89. The van der Waals surface area contributed by atoms with E-state index in [2.05, 4.69) is 31.2 Å². The maximum Gasteiger partial charge on any atom is 0.0243 e. The van der Waals surface area contributed by atoms with Crippen LogP contribution in [0.3, 0.4) is 0 Å². The predicted octanol–water partition coefficient (Wildman–Crippen LogP) is 1.47. The van der Waals surface area contributed by atoms with Gasteiger partial charge in [-0.1, -0.05) is 19.8 Å². The minimum Gasteiger partial charge on any atom is -0.313 e. The molecule has 0 heterocycles. The van der Waals surface area contributed by atoms with E-state index in [1.807, 2.05) is 0 Å². The van der Waals surface area contributed by atoms with Gasteiger partial charge in [-0.15, -0.1) is 0 Å². The van der Waals surface area contributed by atoms with Crippen LogP contribution in [0.5, 0.6) is 0 Å². The van der Waals surface area contributed by atoms with Crippen molar-refractivity contribution >= 4 is 0 Å². The summed E-state index contributed by atoms with van der Waals surface area (Å²) in [5.41, 5.74) is 0. The van der Waals surface area contributed by atoms with Crippen LogP contribution in [0, 0.1) is 0 Å². The number of likely N-dealkylation sites (N-methyl/N-ethyl adjacent to an activating group) is 2. The van der Waals surface area contributed by atoms with Crippen LogP contribution in [0.2, 0.25) is 0 Å². The zero-order valence-corrected chi connectivity index (χ0v) is 8.64. The fourth-order valence-electron chi connectivity index (χ4n) is 2.23. The van der Waals surface area contributed by atoms with E-state index in [1.54, 1.807) is 0 Å². The average Bonchev–Trinajstić information content (AvgIpc) is 2.05. The topological polar surface area (TPSA) is 15.3 Å². The van der Waals surface area contributed by atoms with Gasteiger partial charge in [0.2, 0.25) is 0 Å². The van der Waals surface area contributed by atoms with Crippen molar-refractivity contribution in [2.24, 2.45) is 0 Å². The summed E-state index contributed by atoms with van der Waals surface area (Å²) in [4.78, 5) is 2.37. The van der Waals surface area contributed by atoms with E-state index in [0.717, 1.165) is 18.6 Å². The normalized spacial score (nSPS) is 31.0. The summed E-state index contributed by atoms with van der Waals surface area (Å²) in [6, 6.07) is 1.50. The Hall–Kier alpha value is -0.0800. The van der Waals surface area contributed by atoms with Gasteiger partial charge in [-0.2, -0.15) is 0 Å². The van der Waals surface area contributed by atoms with E-state index in [4.69, 9.17) is 0 Å². The molecular weight excluding hydrogens is 148 g/mol. The van der Waals surface area contributed by atoms with Crippen LogP contribution >= 0.6 is 0 Å². The molecule has 0 aliphatic heterocycles. The van der Waals surface area contributed by atoms with Crippen molar-refractivity contribution in [1.82, 2.24) is 10.2 Å². The van der Waals surface area contributed by atoms with Crippen molar-refractivity contribution in [3.05, 3.63) is 0 Å². The Morgan fingerprint density at radius 3 is 2.50 bits per heavy atom. The first-order valence-electron chi connectivity index (χ1n) is 5.15. The minimum absolute atomic E-state index is 0.735. The summed E-state index contributed by atoms with van der Waals surface area (Å²) in [5, 5.41) is 3.57. The third-order valence-electron chi connectivity index (χ3n) is 2.86. The van der Waals surface area contributed by atoms with Gasteiger partial charge in [0, 0.05) is 12.1 Å². The van der Waals surface area contributed by atoms with Crippen LogP contribution in [0.4, 0.5) is 0 Å². The van der Waals surface area contributed by atoms with Crippen LogP contribution in [0.1, 0.15) is 32.6 Å². The van der Waals surface area contributed by atoms with Gasteiger partial charge >= 0.3 is 0 Å². The molecule has 1 aliphatic carbocycles. The van der Waals surface area contributed by atoms with Crippen molar-refractivity contribution in [3.63, 3.8) is 0 Å². The molecule has 1 fully saturated rings. The highest BCUT2D eigenvalue weighted by atomic mass is 15.1. The largest absolute Gasteiger partial charge is 0.313 e. The van der Waals surface area contributed by atoms with Crippen LogP contribution in [-0.4, -0.2) is 37.6 Å². The molecule has 0 unspecified atom stereocenters. The fourth-order valence-corrected chi connectivity index (χ4v) is 2.23. The summed E-state index contributed by atoms with van der Waals surface area (Å²) in [5.74, 6) is 0. The molecule has 1 rings (SSSR count). The van der Waals surface area contributed by atoms with Crippen molar-refractivity contribution in [2.75, 3.05) is 20.6 Å². The third-order valence-corrected chi connectivity index (χ3v) is 2.86. The zero-order valence-electron chi connectivity index (χ0n) is 8.64. The first-order chi connectivity index (χ1) is 5.75. The molecule has 0 radical (unpaired) electrons. The molecule has 1 aliphatic rings. The van der Waals surface area contributed by atoms with E-state index in [9.17, 15) is 0 Å². The molecule has 1 N–H and O–H groups in total. The maximum atomic E-state index is 3.57. The summed E-state index contributed by atoms with van der Waals surface area (Å²) >= 11 is 0. The maximum absolute atomic E-state index is 3.57. The van der Waals surface area contributed by atoms with Crippen molar-refractivity contribution < 1.29 is 0 Å². The van der Waals surface area contributed by atoms with Gasteiger partial charge < -0.3 is 10.2 Å². The fraction of sp³-hybridized carbons (Fsp3) is 1.00. The Labute approximate surface area is 76.3 Å². The molecule has 72 valence electrons. The molecule has 1 saturated carbocycles. The summed E-state index contributed by atoms with van der Waals surface area (Å²) < 4.78 is 0. The molecule has 2 nitrogen and oxygen atoms in total. The molecule has 0 saturated heterocycles. The highest BCUT2D eigenvalue weighted by molar-refractivity contribution is 4.85. The molecule has 0 bridgehead atoms. The lowest BCUT2D eigenvalue weighted by Crippen LogP contribution is -2.49. The molecule has 0 spiro atoms. The van der Waals surface area contributed by atoms with Gasteiger partial charge in [-0.05, 0) is 33.5 Å². The van der Waals surface area contributed by atoms with E-state index in [0.29, 0.717) is 0 Å². The molecule has 0 amide bonds. The Morgan fingerprint density at radius 1 is 1.25 bits per heavy atom. The molecule has 2 atom stereocenters. The van der Waals surface area contributed by atoms with Gasteiger partial charge in [-0.25, -0.2) is 0 Å². The van der Waals surface area contributed by atoms with Crippen LogP contribution in [0.15, 0.2) is 0 Å². The molecule has 2 heteroatoms. The lowest BCUT2D eigenvalue weighted by molar-refractivity contribution is 0.178. The molecular formula is C10H22N2. The van der Waals surface area contributed by atoms with Crippen LogP contribution in [-0.2, 0) is 0 Å². The number of nitrogens with zero attached hydrogens (tertiary/aromatic N) is 1. The highest BCUT2D eigenvalue weighted by Gasteiger charge is 2.25. The number of hydrogen-bond acceptors (Lipinski definition) is 2. The van der Waals surface area contributed by atoms with E-state index >= 15 is 0 Å². The summed E-state index contributed by atoms with van der Waals surface area (Å²) in [6.45, 7) is 3.30. The molecule has 0 aromatic rings. The number of rotatable bonds is 3. The highest BCUT2D eigenvalue weighted by Crippen LogP contribution is 2.21. The standard InChI is InChI=1S/C10H22N2/c1-4-11-9-7-5-6-8-10(9)12(2)3/h9-11H,4-8H2,1-3H3/t9-,10-/m1/s1. The van der Waals surface area contributed by atoms with Crippen molar-refractivity contribution in [1.29, 1.82) is 0 Å². The second kappa shape index (κ2) is 4.83. The second-order valence-corrected chi connectivity index (χ2v) is 3.98. The van der Waals surface area contributed by atoms with Gasteiger partial charge in [-0.3, -0.25) is 0 Å². The average molecular weight is 170 g/mol. The smallest absolute Gasteiger partial charge is 0.0243 e. The third kappa shape index (κ3) is 2.46. The predicted molar refractivity (Wildman–Crippen MR) is 53.4 cm³/mol. The second-order valence-electron chi connectivity index (χ2n) is 3.98. The molecule has 12 heavy (non-hydrogen) atoms. The lowest BCUT2D eigenvalue weighted by Gasteiger charge is -2.36. The first-order valence-corrected chi connectivity index (χ1v) is 5.15. The zero-order chi connectivity index (χ0) is 8.97. The van der Waals surface area contributed by atoms with Gasteiger partial charge in [0.15, 0.2) is 0 Å². The Balaban J connectivity index is 2.42. The van der Waals surface area contributed by atoms with E-state index in [-0.39, 0.29) is 0 Å². The van der Waals surface area contributed by atoms with Crippen molar-refractivity contribution in [3.8, 4) is 0 Å². The molecule has 0 aromatic carbocycles. The van der Waals surface area contributed by atoms with E-state index in [1.165, 1.54) is 25.7 Å². The van der Waals surface area contributed by atoms with Crippen molar-refractivity contribution in [2.45, 2.75) is 44.7 Å². The van der Waals surface area contributed by atoms with Gasteiger partial charge in [0.05, 0.1) is 0 Å². The Bertz CT molecular complexity index is 121. The van der Waals surface area contributed by atoms with Gasteiger partial charge in [0.25, 0.3) is 0 Å². The van der Waals surface area contributed by atoms with Crippen LogP contribution < -0.4 is 5.32 Å². The Morgan fingerprint density at radius 2 is 1.92 bits per heavy atom. The number of nitrogens with one attached hydrogen (secondary N) is 1. The van der Waals surface area contributed by atoms with Crippen LogP contribution in [0.25, 0.3) is 0 Å². The minimum atomic E-state index is 0.735. The SMILES string of the molecule is CCN[C@@H]1CCCC[C@H]1N(C)C. The monoisotopic (exact) mass is 170 g/mol. The first kappa shape index (κ1) is 10.0. The summed E-state index contributed by atoms with van der Waals surface area (Å²) in [7, 11) is 4.39.